The van der Waals surface area contributed by atoms with Crippen LogP contribution in [0.2, 0.25) is 5.02 Å². The Bertz CT molecular complexity index is 718. The second-order valence-electron chi connectivity index (χ2n) is 6.44. The minimum Gasteiger partial charge on any atom is -0.476 e. The lowest BCUT2D eigenvalue weighted by atomic mass is 9.88. The summed E-state index contributed by atoms with van der Waals surface area (Å²) in [6, 6.07) is 4.53. The van der Waals surface area contributed by atoms with Gasteiger partial charge in [-0.15, -0.1) is 0 Å². The van der Waals surface area contributed by atoms with Gasteiger partial charge < -0.3 is 40.3 Å². The second kappa shape index (κ2) is 9.03. The van der Waals surface area contributed by atoms with Crippen molar-refractivity contribution in [2.45, 2.75) is 49.6 Å². The first-order chi connectivity index (χ1) is 13.1. The summed E-state index contributed by atoms with van der Waals surface area (Å²) in [5, 5.41) is 52.0. The first kappa shape index (κ1) is 22.3. The van der Waals surface area contributed by atoms with E-state index in [2.05, 4.69) is 5.32 Å². The van der Waals surface area contributed by atoms with Crippen molar-refractivity contribution < 1.29 is 44.6 Å². The molecule has 1 aromatic rings. The van der Waals surface area contributed by atoms with Crippen LogP contribution in [0.5, 0.6) is 5.75 Å². The molecule has 0 bridgehead atoms. The number of carbonyl (C=O) groups is 2. The number of aliphatic hydroxyl groups excluding tert-OH is 4. The molecule has 28 heavy (non-hydrogen) atoms. The summed E-state index contributed by atoms with van der Waals surface area (Å²) in [4.78, 5) is 23.4. The third kappa shape index (κ3) is 4.90. The van der Waals surface area contributed by atoms with Crippen molar-refractivity contribution in [3.63, 3.8) is 0 Å². The third-order valence-corrected chi connectivity index (χ3v) is 4.50. The molecule has 11 heteroatoms. The van der Waals surface area contributed by atoms with Crippen molar-refractivity contribution in [1.29, 1.82) is 0 Å². The van der Waals surface area contributed by atoms with Gasteiger partial charge in [0.15, 0.2) is 0 Å². The average molecular weight is 420 g/mol. The Morgan fingerprint density at radius 1 is 1.43 bits per heavy atom. The first-order valence-corrected chi connectivity index (χ1v) is 8.75. The molecule has 0 aromatic heterocycles. The number of hydrogen-bond acceptors (Lipinski definition) is 8. The van der Waals surface area contributed by atoms with E-state index in [0.29, 0.717) is 0 Å². The van der Waals surface area contributed by atoms with Gasteiger partial charge >= 0.3 is 11.8 Å². The van der Waals surface area contributed by atoms with Crippen LogP contribution in [0.25, 0.3) is 0 Å². The fraction of sp³-hybridized carbons (Fsp3) is 0.529. The van der Waals surface area contributed by atoms with Gasteiger partial charge in [-0.25, -0.2) is 4.79 Å². The highest BCUT2D eigenvalue weighted by Gasteiger charge is 2.56. The van der Waals surface area contributed by atoms with E-state index in [1.807, 2.05) is 0 Å². The number of hydrogen-bond donors (Lipinski definition) is 6. The van der Waals surface area contributed by atoms with E-state index in [4.69, 9.17) is 26.2 Å². The average Bonchev–Trinajstić information content (AvgIpc) is 2.62. The zero-order valence-electron chi connectivity index (χ0n) is 14.9. The van der Waals surface area contributed by atoms with Gasteiger partial charge in [-0.1, -0.05) is 17.7 Å². The number of ether oxygens (including phenoxy) is 2. The fourth-order valence-electron chi connectivity index (χ4n) is 2.95. The molecule has 2 rings (SSSR count). The molecule has 1 aliphatic heterocycles. The first-order valence-electron chi connectivity index (χ1n) is 8.37. The Morgan fingerprint density at radius 2 is 2.11 bits per heavy atom. The van der Waals surface area contributed by atoms with Gasteiger partial charge in [-0.2, -0.15) is 0 Å². The Labute approximate surface area is 165 Å². The van der Waals surface area contributed by atoms with Gasteiger partial charge in [0.25, 0.3) is 0 Å². The molecule has 6 atom stereocenters. The highest BCUT2D eigenvalue weighted by atomic mass is 35.5. The maximum Gasteiger partial charge on any atom is 0.377 e. The normalized spacial score (nSPS) is 29.6. The standard InChI is InChI=1S/C17H22ClNO9/c1-8(21)19-13-11(22)6-17(16(25)26,27-10-4-2-3-9(18)5-10)28-15(13)14(24)12(23)7-20/h2-5,11-15,20,22-24H,6-7H2,1H3,(H,19,21)(H,25,26)/t11-,12+,13+,14+,15+,17-/m0/s1. The van der Waals surface area contributed by atoms with Crippen LogP contribution in [0.15, 0.2) is 24.3 Å². The summed E-state index contributed by atoms with van der Waals surface area (Å²) in [6.45, 7) is 0.291. The predicted octanol–water partition coefficient (Wildman–Crippen LogP) is -1.13. The third-order valence-electron chi connectivity index (χ3n) is 4.27. The number of amides is 1. The van der Waals surface area contributed by atoms with Crippen molar-refractivity contribution in [1.82, 2.24) is 5.32 Å². The summed E-state index contributed by atoms with van der Waals surface area (Å²) in [7, 11) is 0. The summed E-state index contributed by atoms with van der Waals surface area (Å²) < 4.78 is 11.0. The molecule has 10 nitrogen and oxygen atoms in total. The van der Waals surface area contributed by atoms with Crippen molar-refractivity contribution in [3.05, 3.63) is 29.3 Å². The Morgan fingerprint density at radius 3 is 2.64 bits per heavy atom. The lowest BCUT2D eigenvalue weighted by Gasteiger charge is -2.46. The van der Waals surface area contributed by atoms with E-state index in [9.17, 15) is 30.0 Å². The van der Waals surface area contributed by atoms with E-state index < -0.39 is 61.1 Å². The van der Waals surface area contributed by atoms with Crippen LogP contribution < -0.4 is 10.1 Å². The maximum absolute atomic E-state index is 12.0. The van der Waals surface area contributed by atoms with Crippen LogP contribution in [0, 0.1) is 0 Å². The lowest BCUT2D eigenvalue weighted by Crippen LogP contribution is -2.68. The second-order valence-corrected chi connectivity index (χ2v) is 6.87. The molecule has 0 unspecified atom stereocenters. The number of aliphatic carboxylic acids is 1. The van der Waals surface area contributed by atoms with Gasteiger partial charge in [0.05, 0.1) is 25.2 Å². The van der Waals surface area contributed by atoms with Gasteiger partial charge in [-0.3, -0.25) is 4.79 Å². The summed E-state index contributed by atoms with van der Waals surface area (Å²) >= 11 is 5.87. The van der Waals surface area contributed by atoms with E-state index in [-0.39, 0.29) is 10.8 Å². The fourth-order valence-corrected chi connectivity index (χ4v) is 3.13. The molecule has 1 heterocycles. The van der Waals surface area contributed by atoms with Crippen molar-refractivity contribution in [2.75, 3.05) is 6.61 Å². The van der Waals surface area contributed by atoms with Crippen molar-refractivity contribution in [2.24, 2.45) is 0 Å². The molecule has 0 radical (unpaired) electrons. The number of rotatable bonds is 7. The zero-order valence-corrected chi connectivity index (χ0v) is 15.6. The number of halogens is 1. The molecule has 1 fully saturated rings. The summed E-state index contributed by atoms with van der Waals surface area (Å²) in [6.07, 6.45) is -7.27. The van der Waals surface area contributed by atoms with Crippen LogP contribution in [-0.4, -0.2) is 80.3 Å². The summed E-state index contributed by atoms with van der Waals surface area (Å²) in [5.41, 5.74) is 0. The lowest BCUT2D eigenvalue weighted by molar-refractivity contribution is -0.284. The number of carboxylic acids is 1. The molecule has 1 aliphatic rings. The Hall–Kier alpha value is -1.95. The number of nitrogens with one attached hydrogen (secondary N) is 1. The monoisotopic (exact) mass is 419 g/mol. The molecule has 0 spiro atoms. The highest BCUT2D eigenvalue weighted by molar-refractivity contribution is 6.30. The van der Waals surface area contributed by atoms with E-state index >= 15 is 0 Å². The van der Waals surface area contributed by atoms with Gasteiger partial charge in [0, 0.05) is 11.9 Å². The van der Waals surface area contributed by atoms with E-state index in [1.165, 1.54) is 24.3 Å². The number of carbonyl (C=O) groups excluding carboxylic acids is 1. The Balaban J connectivity index is 2.41. The molecule has 0 aliphatic carbocycles. The Kier molecular flexibility index (Phi) is 7.21. The molecular formula is C17H22ClNO9. The zero-order chi connectivity index (χ0) is 21.1. The topological polar surface area (TPSA) is 166 Å². The van der Waals surface area contributed by atoms with Crippen LogP contribution in [0.1, 0.15) is 13.3 Å². The van der Waals surface area contributed by atoms with Crippen LogP contribution in [-0.2, 0) is 14.3 Å². The van der Waals surface area contributed by atoms with Gasteiger partial charge in [0.1, 0.15) is 24.1 Å². The molecule has 156 valence electrons. The van der Waals surface area contributed by atoms with Crippen molar-refractivity contribution in [3.8, 4) is 5.75 Å². The molecule has 6 N–H and O–H groups in total. The minimum atomic E-state index is -2.44. The van der Waals surface area contributed by atoms with Gasteiger partial charge in [-0.05, 0) is 18.2 Å². The predicted molar refractivity (Wildman–Crippen MR) is 94.6 cm³/mol. The van der Waals surface area contributed by atoms with Crippen molar-refractivity contribution >= 4 is 23.5 Å². The molecule has 1 saturated heterocycles. The van der Waals surface area contributed by atoms with E-state index in [1.54, 1.807) is 0 Å². The van der Waals surface area contributed by atoms with E-state index in [0.717, 1.165) is 6.92 Å². The number of carboxylic acid groups (broad SMARTS) is 1. The molecule has 1 aromatic carbocycles. The van der Waals surface area contributed by atoms with Crippen LogP contribution in [0.3, 0.4) is 0 Å². The van der Waals surface area contributed by atoms with Crippen LogP contribution >= 0.6 is 11.6 Å². The SMILES string of the molecule is CC(=O)N[C@H]1[C@H]([C@H](O)[C@H](O)CO)O[C@](Oc2cccc(Cl)c2)(C(=O)O)C[C@@H]1O. The number of aliphatic hydroxyl groups is 4. The highest BCUT2D eigenvalue weighted by Crippen LogP contribution is 2.35. The molecule has 0 saturated carbocycles. The van der Waals surface area contributed by atoms with Crippen LogP contribution in [0.4, 0.5) is 0 Å². The minimum absolute atomic E-state index is 0.0241. The number of benzene rings is 1. The summed E-state index contributed by atoms with van der Waals surface area (Å²) in [5.74, 6) is -4.61. The molecule has 1 amide bonds. The smallest absolute Gasteiger partial charge is 0.377 e. The molecular weight excluding hydrogens is 398 g/mol. The maximum atomic E-state index is 12.0. The van der Waals surface area contributed by atoms with Gasteiger partial charge in [0.2, 0.25) is 5.91 Å². The largest absolute Gasteiger partial charge is 0.476 e. The quantitative estimate of drug-likeness (QED) is 0.320.